The third-order valence-corrected chi connectivity index (χ3v) is 3.66. The Labute approximate surface area is 117 Å². The number of ether oxygens (including phenoxy) is 2. The molecular formula is C14H18N2O2S. The van der Waals surface area contributed by atoms with E-state index in [1.54, 1.807) is 26.0 Å². The van der Waals surface area contributed by atoms with Crippen LogP contribution in [0.3, 0.4) is 0 Å². The topological polar surface area (TPSA) is 35.4 Å². The average molecular weight is 278 g/mol. The number of nitrogens with zero attached hydrogens (tertiary/aromatic N) is 1. The second-order valence-electron chi connectivity index (χ2n) is 3.94. The summed E-state index contributed by atoms with van der Waals surface area (Å²) in [5, 5.41) is 0. The minimum Gasteiger partial charge on any atom is -0.493 e. The van der Waals surface area contributed by atoms with Crippen LogP contribution in [0.1, 0.15) is 5.56 Å². The Morgan fingerprint density at radius 3 is 2.32 bits per heavy atom. The largest absolute Gasteiger partial charge is 0.493 e. The van der Waals surface area contributed by atoms with Gasteiger partial charge in [0.1, 0.15) is 0 Å². The molecule has 2 aromatic rings. The van der Waals surface area contributed by atoms with Crippen molar-refractivity contribution in [2.45, 2.75) is 11.4 Å². The lowest BCUT2D eigenvalue weighted by Gasteiger charge is -2.15. The number of hydrogen-bond acceptors (Lipinski definition) is 4. The van der Waals surface area contributed by atoms with Crippen molar-refractivity contribution in [3.05, 3.63) is 42.2 Å². The summed E-state index contributed by atoms with van der Waals surface area (Å²) < 4.78 is 12.6. The third kappa shape index (κ3) is 3.17. The highest BCUT2D eigenvalue weighted by Gasteiger charge is 2.10. The van der Waals surface area contributed by atoms with Crippen LogP contribution in [0.4, 0.5) is 0 Å². The third-order valence-electron chi connectivity index (χ3n) is 2.84. The fourth-order valence-corrected chi connectivity index (χ4v) is 2.47. The van der Waals surface area contributed by atoms with E-state index in [0.717, 1.165) is 18.0 Å². The van der Waals surface area contributed by atoms with Crippen molar-refractivity contribution >= 4 is 11.8 Å². The van der Waals surface area contributed by atoms with Gasteiger partial charge in [0.15, 0.2) is 11.5 Å². The van der Waals surface area contributed by atoms with Crippen molar-refractivity contribution in [2.24, 2.45) is 0 Å². The normalized spacial score (nSPS) is 10.3. The van der Waals surface area contributed by atoms with Crippen LogP contribution >= 0.6 is 11.8 Å². The lowest BCUT2D eigenvalue weighted by Crippen LogP contribution is -2.12. The Bertz CT molecular complexity index is 526. The molecule has 0 bridgehead atoms. The molecule has 0 amide bonds. The van der Waals surface area contributed by atoms with Crippen molar-refractivity contribution in [2.75, 3.05) is 25.9 Å². The first-order valence-electron chi connectivity index (χ1n) is 5.94. The number of nitrogens with one attached hydrogen (secondary N) is 1. The van der Waals surface area contributed by atoms with Crippen LogP contribution in [0.2, 0.25) is 0 Å². The van der Waals surface area contributed by atoms with Gasteiger partial charge in [-0.1, -0.05) is 0 Å². The Hall–Kier alpha value is -1.75. The van der Waals surface area contributed by atoms with Gasteiger partial charge in [0.25, 0.3) is 0 Å². The van der Waals surface area contributed by atoms with Crippen molar-refractivity contribution in [3.63, 3.8) is 0 Å². The van der Waals surface area contributed by atoms with Crippen LogP contribution in [-0.2, 0) is 6.54 Å². The van der Waals surface area contributed by atoms with E-state index in [9.17, 15) is 0 Å². The van der Waals surface area contributed by atoms with Gasteiger partial charge in [-0.25, -0.2) is 0 Å². The lowest BCUT2D eigenvalue weighted by molar-refractivity contribution is 0.353. The first-order chi connectivity index (χ1) is 9.28. The maximum atomic E-state index is 5.34. The van der Waals surface area contributed by atoms with Crippen molar-refractivity contribution in [1.82, 2.24) is 4.68 Å². The Morgan fingerprint density at radius 2 is 1.74 bits per heavy atom. The molecule has 1 heterocycles. The number of rotatable bonds is 6. The highest BCUT2D eigenvalue weighted by molar-refractivity contribution is 7.98. The van der Waals surface area contributed by atoms with Gasteiger partial charge in [-0.15, -0.1) is 11.8 Å². The van der Waals surface area contributed by atoms with E-state index < -0.39 is 0 Å². The second kappa shape index (κ2) is 6.43. The fraction of sp³-hybridized carbons (Fsp3) is 0.286. The molecule has 0 unspecified atom stereocenters. The van der Waals surface area contributed by atoms with Gasteiger partial charge in [-0.05, 0) is 36.1 Å². The molecule has 0 aliphatic heterocycles. The van der Waals surface area contributed by atoms with Crippen LogP contribution in [-0.4, -0.2) is 25.2 Å². The van der Waals surface area contributed by atoms with Crippen molar-refractivity contribution < 1.29 is 9.47 Å². The summed E-state index contributed by atoms with van der Waals surface area (Å²) in [6.07, 6.45) is 6.00. The number of aromatic nitrogens is 1. The molecule has 0 spiro atoms. The van der Waals surface area contributed by atoms with Crippen molar-refractivity contribution in [3.8, 4) is 11.5 Å². The molecule has 1 N–H and O–H groups in total. The molecule has 0 radical (unpaired) electrons. The summed E-state index contributed by atoms with van der Waals surface area (Å²) in [6, 6.07) is 7.99. The molecule has 1 aromatic heterocycles. The standard InChI is InChI=1S/C14H18N2O2S/c1-17-12-8-11(10-15-16-6-4-5-7-16)14(19-3)9-13(12)18-2/h4-9,15H,10H2,1-3H3. The van der Waals surface area contributed by atoms with E-state index in [4.69, 9.17) is 9.47 Å². The van der Waals surface area contributed by atoms with Gasteiger partial charge in [0, 0.05) is 17.3 Å². The highest BCUT2D eigenvalue weighted by Crippen LogP contribution is 2.34. The van der Waals surface area contributed by atoms with Gasteiger partial charge >= 0.3 is 0 Å². The van der Waals surface area contributed by atoms with Gasteiger partial charge in [0.05, 0.1) is 20.8 Å². The Kier molecular flexibility index (Phi) is 4.63. The zero-order valence-corrected chi connectivity index (χ0v) is 12.2. The van der Waals surface area contributed by atoms with Crippen LogP contribution in [0.5, 0.6) is 11.5 Å². The van der Waals surface area contributed by atoms with Gasteiger partial charge in [-0.2, -0.15) is 0 Å². The molecule has 2 rings (SSSR count). The minimum absolute atomic E-state index is 0.727. The maximum absolute atomic E-state index is 5.34. The number of thioether (sulfide) groups is 1. The van der Waals surface area contributed by atoms with E-state index in [2.05, 4.69) is 11.7 Å². The summed E-state index contributed by atoms with van der Waals surface area (Å²) in [6.45, 7) is 0.727. The van der Waals surface area contributed by atoms with E-state index in [1.165, 1.54) is 10.5 Å². The Morgan fingerprint density at radius 1 is 1.11 bits per heavy atom. The van der Waals surface area contributed by atoms with Gasteiger partial charge in [-0.3, -0.25) is 4.68 Å². The molecule has 0 aliphatic rings. The quantitative estimate of drug-likeness (QED) is 0.824. The number of hydrogen-bond donors (Lipinski definition) is 1. The summed E-state index contributed by atoms with van der Waals surface area (Å²) in [4.78, 5) is 1.18. The molecule has 5 heteroatoms. The smallest absolute Gasteiger partial charge is 0.161 e. The molecule has 19 heavy (non-hydrogen) atoms. The summed E-state index contributed by atoms with van der Waals surface area (Å²) >= 11 is 1.70. The molecular weight excluding hydrogens is 260 g/mol. The number of methoxy groups -OCH3 is 2. The molecule has 102 valence electrons. The summed E-state index contributed by atoms with van der Waals surface area (Å²) in [7, 11) is 3.31. The minimum atomic E-state index is 0.727. The van der Waals surface area contributed by atoms with Crippen LogP contribution in [0.25, 0.3) is 0 Å². The second-order valence-corrected chi connectivity index (χ2v) is 4.79. The molecule has 0 fully saturated rings. The van der Waals surface area contributed by atoms with Crippen LogP contribution < -0.4 is 14.9 Å². The first kappa shape index (κ1) is 13.7. The van der Waals surface area contributed by atoms with E-state index in [0.29, 0.717) is 0 Å². The zero-order chi connectivity index (χ0) is 13.7. The molecule has 0 saturated heterocycles. The lowest BCUT2D eigenvalue weighted by atomic mass is 10.2. The average Bonchev–Trinajstić information content (AvgIpc) is 2.97. The first-order valence-corrected chi connectivity index (χ1v) is 7.16. The predicted molar refractivity (Wildman–Crippen MR) is 78.8 cm³/mol. The highest BCUT2D eigenvalue weighted by atomic mass is 32.2. The van der Waals surface area contributed by atoms with E-state index >= 15 is 0 Å². The summed E-state index contributed by atoms with van der Waals surface area (Å²) in [5.74, 6) is 1.51. The zero-order valence-electron chi connectivity index (χ0n) is 11.3. The van der Waals surface area contributed by atoms with Gasteiger partial charge < -0.3 is 14.9 Å². The SMILES string of the molecule is COc1cc(CNn2cccc2)c(SC)cc1OC. The van der Waals surface area contributed by atoms with Crippen molar-refractivity contribution in [1.29, 1.82) is 0 Å². The molecule has 0 aliphatic carbocycles. The fourth-order valence-electron chi connectivity index (χ4n) is 1.85. The van der Waals surface area contributed by atoms with E-state index in [-0.39, 0.29) is 0 Å². The molecule has 1 aromatic carbocycles. The molecule has 0 atom stereocenters. The molecule has 0 saturated carbocycles. The van der Waals surface area contributed by atoms with Crippen LogP contribution in [0.15, 0.2) is 41.6 Å². The maximum Gasteiger partial charge on any atom is 0.161 e. The monoisotopic (exact) mass is 278 g/mol. The summed E-state index contributed by atoms with van der Waals surface area (Å²) in [5.41, 5.74) is 4.49. The van der Waals surface area contributed by atoms with Crippen LogP contribution in [0, 0.1) is 0 Å². The Balaban J connectivity index is 2.22. The van der Waals surface area contributed by atoms with E-state index in [1.807, 2.05) is 41.3 Å². The molecule has 4 nitrogen and oxygen atoms in total. The van der Waals surface area contributed by atoms with Gasteiger partial charge in [0.2, 0.25) is 0 Å². The number of benzene rings is 1. The predicted octanol–water partition coefficient (Wildman–Crippen LogP) is 2.97.